The topological polar surface area (TPSA) is 170 Å². The van der Waals surface area contributed by atoms with E-state index >= 15 is 0 Å². The molecule has 2 saturated heterocycles. The second kappa shape index (κ2) is 18.1. The number of ketones is 1. The Balaban J connectivity index is 1.10. The van der Waals surface area contributed by atoms with Crippen LogP contribution in [0, 0.1) is 34.5 Å². The molecule has 9 atom stereocenters. The number of rotatable bonds is 17. The molecule has 16 heteroatoms. The fourth-order valence-corrected chi connectivity index (χ4v) is 11.1. The maximum atomic E-state index is 14.9. The molecule has 0 spiro atoms. The number of ether oxygens (including phenoxy) is 4. The lowest BCUT2D eigenvalue weighted by molar-refractivity contribution is -0.157. The molecule has 0 bridgehead atoms. The number of carbonyl (C=O) groups is 4. The molecule has 2 N–H and O–H groups in total. The summed E-state index contributed by atoms with van der Waals surface area (Å²) in [5.41, 5.74) is -0.253. The number of morpholine rings is 1. The average Bonchev–Trinajstić information content (AvgIpc) is 3.90. The van der Waals surface area contributed by atoms with E-state index in [9.17, 15) is 24.3 Å². The Morgan fingerprint density at radius 1 is 1.06 bits per heavy atom. The van der Waals surface area contributed by atoms with E-state index in [1.54, 1.807) is 17.0 Å². The number of pyridine rings is 1. The number of benzene rings is 1. The van der Waals surface area contributed by atoms with Gasteiger partial charge in [0, 0.05) is 42.3 Å². The molecule has 63 heavy (non-hydrogen) atoms. The third-order valence-corrected chi connectivity index (χ3v) is 15.2. The lowest BCUT2D eigenvalue weighted by atomic mass is 9.77. The zero-order valence-corrected chi connectivity index (χ0v) is 39.1. The highest BCUT2D eigenvalue weighted by Gasteiger charge is 2.61. The number of likely N-dealkylation sites (tertiary alicyclic amines) is 1. The predicted octanol–water partition coefficient (Wildman–Crippen LogP) is 7.74. The first-order valence-corrected chi connectivity index (χ1v) is 23.9. The molecule has 8 rings (SSSR count). The van der Waals surface area contributed by atoms with Crippen LogP contribution in [0.1, 0.15) is 92.9 Å². The van der Waals surface area contributed by atoms with Crippen LogP contribution < -0.4 is 14.8 Å². The molecule has 5 fully saturated rings. The number of Topliss-reactive ketones (excluding diaryl/α,β-unsaturated/α-hetero) is 1. The minimum absolute atomic E-state index is 0.0460. The summed E-state index contributed by atoms with van der Waals surface area (Å²) in [5, 5.41) is 17.2. The Morgan fingerprint density at radius 2 is 1.83 bits per heavy atom. The number of hydrogen-bond donors (Lipinski definition) is 2. The van der Waals surface area contributed by atoms with E-state index in [-0.39, 0.29) is 61.6 Å². The molecule has 3 saturated carbocycles. The van der Waals surface area contributed by atoms with Crippen molar-refractivity contribution in [3.8, 4) is 22.9 Å². The highest BCUT2D eigenvalue weighted by Crippen LogP contribution is 2.58. The van der Waals surface area contributed by atoms with Gasteiger partial charge in [0.1, 0.15) is 41.0 Å². The van der Waals surface area contributed by atoms with E-state index < -0.39 is 40.8 Å². The van der Waals surface area contributed by atoms with Crippen molar-refractivity contribution in [3.63, 3.8) is 0 Å². The van der Waals surface area contributed by atoms with Gasteiger partial charge in [-0.1, -0.05) is 45.7 Å². The van der Waals surface area contributed by atoms with Crippen molar-refractivity contribution in [3.05, 3.63) is 28.6 Å². The lowest BCUT2D eigenvalue weighted by Crippen LogP contribution is -2.48. The van der Waals surface area contributed by atoms with Gasteiger partial charge in [-0.2, -0.15) is 0 Å². The van der Waals surface area contributed by atoms with E-state index in [4.69, 9.17) is 40.5 Å². The second-order valence-electron chi connectivity index (χ2n) is 20.0. The lowest BCUT2D eigenvalue weighted by Gasteiger charge is -2.35. The Hall–Kier alpha value is -4.05. The number of hydrogen-bond acceptors (Lipinski definition) is 13. The molecule has 1 amide bonds. The molecule has 3 aromatic rings. The first-order chi connectivity index (χ1) is 29.9. The summed E-state index contributed by atoms with van der Waals surface area (Å²) < 4.78 is 24.8. The van der Waals surface area contributed by atoms with Gasteiger partial charge in [0.25, 0.3) is 0 Å². The first-order valence-electron chi connectivity index (χ1n) is 22.6. The normalized spacial score (nSPS) is 28.5. The predicted molar refractivity (Wildman–Crippen MR) is 240 cm³/mol. The number of anilines is 1. The van der Waals surface area contributed by atoms with Crippen LogP contribution in [0.5, 0.6) is 11.5 Å². The van der Waals surface area contributed by atoms with Gasteiger partial charge in [0.05, 0.1) is 60.8 Å². The number of nitrogens with zero attached hydrogens (tertiary/aromatic N) is 4. The quantitative estimate of drug-likeness (QED) is 0.126. The summed E-state index contributed by atoms with van der Waals surface area (Å²) in [6.45, 7) is 14.2. The fourth-order valence-electron chi connectivity index (χ4n) is 9.98. The molecule has 14 nitrogen and oxygen atoms in total. The molecule has 1 aromatic carbocycles. The third kappa shape index (κ3) is 9.82. The smallest absolute Gasteiger partial charge is 0.310 e. The number of halogens is 1. The standard InChI is InChI=1S/C47H62ClN5O9S/c1-8-28-19-47(28,44(57)58)20-37(54)36-16-31(21-53(36)43(56)33(46(4,5)6)17-40(55)62-30-14-26-13-27(26)15-30)61-39-18-34(35-24-63-45(51-35)49-25(2)3)50-42-32(39)9-10-38(41(42)48)60-23-29-22-59-12-11-52(29)7/h9-10,18,24-31,33,36H,8,11-17,19-23H2,1-7H3,(H,49,51)(H,57,58)/t26-,27+,28-,29-,30?,31-,33-,36+,47-/m1/s1. The largest absolute Gasteiger partial charge is 0.490 e. The Labute approximate surface area is 378 Å². The number of thiazole rings is 1. The summed E-state index contributed by atoms with van der Waals surface area (Å²) in [6.07, 6.45) is 3.01. The molecular formula is C47H62ClN5O9S. The number of esters is 1. The van der Waals surface area contributed by atoms with Crippen LogP contribution in [-0.2, 0) is 28.7 Å². The number of aromatic nitrogens is 2. The number of nitrogens with one attached hydrogen (secondary N) is 1. The van der Waals surface area contributed by atoms with Crippen molar-refractivity contribution in [1.29, 1.82) is 0 Å². The minimum Gasteiger partial charge on any atom is -0.490 e. The van der Waals surface area contributed by atoms with E-state index in [0.29, 0.717) is 83.3 Å². The molecule has 4 heterocycles. The third-order valence-electron chi connectivity index (χ3n) is 14.0. The van der Waals surface area contributed by atoms with Crippen LogP contribution in [-0.4, -0.2) is 119 Å². The number of aliphatic carboxylic acids is 1. The van der Waals surface area contributed by atoms with Gasteiger partial charge in [-0.25, -0.2) is 9.97 Å². The van der Waals surface area contributed by atoms with Gasteiger partial charge in [0.15, 0.2) is 10.9 Å². The van der Waals surface area contributed by atoms with Gasteiger partial charge >= 0.3 is 11.9 Å². The molecule has 2 aliphatic heterocycles. The van der Waals surface area contributed by atoms with Crippen LogP contribution in [0.4, 0.5) is 5.13 Å². The number of carboxylic acids is 1. The number of fused-ring (bicyclic) bond motifs is 2. The molecule has 3 aliphatic carbocycles. The van der Waals surface area contributed by atoms with Crippen molar-refractivity contribution in [2.45, 2.75) is 123 Å². The summed E-state index contributed by atoms with van der Waals surface area (Å²) in [4.78, 5) is 69.0. The average molecular weight is 909 g/mol. The van der Waals surface area contributed by atoms with Crippen LogP contribution in [0.25, 0.3) is 22.3 Å². The maximum absolute atomic E-state index is 14.9. The summed E-state index contributed by atoms with van der Waals surface area (Å²) in [7, 11) is 2.04. The van der Waals surface area contributed by atoms with E-state index in [0.717, 1.165) is 24.5 Å². The van der Waals surface area contributed by atoms with E-state index in [2.05, 4.69) is 10.2 Å². The van der Waals surface area contributed by atoms with Crippen molar-refractivity contribution in [2.24, 2.45) is 34.5 Å². The van der Waals surface area contributed by atoms with Crippen molar-refractivity contribution in [1.82, 2.24) is 19.8 Å². The molecular weight excluding hydrogens is 846 g/mol. The van der Waals surface area contributed by atoms with Gasteiger partial charge < -0.3 is 34.3 Å². The Kier molecular flexibility index (Phi) is 13.1. The number of carbonyl (C=O) groups excluding carboxylic acids is 3. The van der Waals surface area contributed by atoms with E-state index in [1.807, 2.05) is 60.0 Å². The molecule has 2 aromatic heterocycles. The van der Waals surface area contributed by atoms with Gasteiger partial charge in [-0.3, -0.25) is 24.1 Å². The number of amides is 1. The zero-order valence-electron chi connectivity index (χ0n) is 37.5. The summed E-state index contributed by atoms with van der Waals surface area (Å²) >= 11 is 8.60. The zero-order chi connectivity index (χ0) is 45.0. The molecule has 342 valence electrons. The van der Waals surface area contributed by atoms with Crippen molar-refractivity contribution in [2.75, 3.05) is 45.3 Å². The summed E-state index contributed by atoms with van der Waals surface area (Å²) in [5.74, 6) is -0.832. The Bertz CT molecular complexity index is 2220. The SMILES string of the molecule is CC[C@@H]1C[C@]1(CC(=O)[C@@H]1C[C@@H](Oc2cc(-c3csc(NC(C)C)n3)nc3c(Cl)c(OC[C@H]4COCCN4C)ccc23)CN1C(=O)[C@@H](CC(=O)OC1C[C@@H]2C[C@@H]2C1)C(C)(C)C)C(=O)O. The highest BCUT2D eigenvalue weighted by molar-refractivity contribution is 7.14. The number of carboxylic acid groups (broad SMARTS) is 1. The van der Waals surface area contributed by atoms with Gasteiger partial charge in [0.2, 0.25) is 5.91 Å². The summed E-state index contributed by atoms with van der Waals surface area (Å²) in [6, 6.07) is 4.70. The molecule has 1 unspecified atom stereocenters. The minimum atomic E-state index is -1.16. The second-order valence-corrected chi connectivity index (χ2v) is 21.2. The van der Waals surface area contributed by atoms with Crippen LogP contribution in [0.3, 0.4) is 0 Å². The van der Waals surface area contributed by atoms with Gasteiger partial charge in [-0.05, 0) is 81.9 Å². The van der Waals surface area contributed by atoms with Crippen LogP contribution in [0.2, 0.25) is 5.02 Å². The first kappa shape index (κ1) is 45.5. The van der Waals surface area contributed by atoms with E-state index in [1.165, 1.54) is 17.8 Å². The monoisotopic (exact) mass is 907 g/mol. The number of likely N-dealkylation sites (N-methyl/N-ethyl adjacent to an activating group) is 1. The highest BCUT2D eigenvalue weighted by atomic mass is 35.5. The maximum Gasteiger partial charge on any atom is 0.310 e. The van der Waals surface area contributed by atoms with Gasteiger partial charge in [-0.15, -0.1) is 11.3 Å². The van der Waals surface area contributed by atoms with Crippen LogP contribution in [0.15, 0.2) is 23.6 Å². The Morgan fingerprint density at radius 3 is 2.49 bits per heavy atom. The molecule has 5 aliphatic rings. The fraction of sp³-hybridized carbons (Fsp3) is 0.660. The van der Waals surface area contributed by atoms with Crippen molar-refractivity contribution < 1.29 is 43.2 Å². The van der Waals surface area contributed by atoms with Crippen molar-refractivity contribution >= 4 is 62.6 Å². The van der Waals surface area contributed by atoms with Crippen LogP contribution >= 0.6 is 22.9 Å². The molecule has 0 radical (unpaired) electrons.